The van der Waals surface area contributed by atoms with Gasteiger partial charge in [-0.2, -0.15) is 0 Å². The van der Waals surface area contributed by atoms with Crippen molar-refractivity contribution < 1.29 is 27.0 Å². The van der Waals surface area contributed by atoms with Crippen molar-refractivity contribution in [1.29, 1.82) is 0 Å². The number of sulfonamides is 1. The van der Waals surface area contributed by atoms with E-state index in [0.29, 0.717) is 11.8 Å². The Hall–Kier alpha value is -2.03. The van der Waals surface area contributed by atoms with E-state index >= 15 is 0 Å². The van der Waals surface area contributed by atoms with Crippen molar-refractivity contribution in [1.82, 2.24) is 4.72 Å². The molecule has 0 aromatic heterocycles. The number of hydrogen-bond acceptors (Lipinski definition) is 4. The van der Waals surface area contributed by atoms with Crippen LogP contribution in [-0.2, 0) is 16.4 Å². The summed E-state index contributed by atoms with van der Waals surface area (Å²) in [5.41, 5.74) is -0.659. The summed E-state index contributed by atoms with van der Waals surface area (Å²) in [5.74, 6) is -1.28. The molecule has 2 rings (SSSR count). The molecule has 1 unspecified atom stereocenters. The van der Waals surface area contributed by atoms with Crippen LogP contribution in [-0.4, -0.2) is 32.8 Å². The number of rotatable bonds is 7. The standard InChI is InChI=1S/C17H19F2NO4S/c1-17(21,10-12-3-6-14(24-2)7-4-12)11-20-25(22,23)16-9-13(18)5-8-15(16)19/h3-9,20-21H,10-11H2,1-2H3. The van der Waals surface area contributed by atoms with Crippen molar-refractivity contribution in [2.24, 2.45) is 0 Å². The molecule has 1 atom stereocenters. The summed E-state index contributed by atoms with van der Waals surface area (Å²) < 4.78 is 58.3. The Morgan fingerprint density at radius 3 is 2.40 bits per heavy atom. The molecule has 25 heavy (non-hydrogen) atoms. The molecule has 2 aromatic rings. The predicted octanol–water partition coefficient (Wildman–Crippen LogP) is 2.25. The van der Waals surface area contributed by atoms with Gasteiger partial charge in [0.15, 0.2) is 0 Å². The molecular formula is C17H19F2NO4S. The first-order chi connectivity index (χ1) is 11.6. The molecule has 5 nitrogen and oxygen atoms in total. The van der Waals surface area contributed by atoms with Gasteiger partial charge in [0.05, 0.1) is 12.7 Å². The number of nitrogens with one attached hydrogen (secondary N) is 1. The third-order valence-corrected chi connectivity index (χ3v) is 4.99. The van der Waals surface area contributed by atoms with E-state index in [-0.39, 0.29) is 13.0 Å². The lowest BCUT2D eigenvalue weighted by Crippen LogP contribution is -2.42. The minimum absolute atomic E-state index is 0.158. The van der Waals surface area contributed by atoms with Crippen molar-refractivity contribution in [2.45, 2.75) is 23.8 Å². The zero-order chi connectivity index (χ0) is 18.7. The molecule has 0 spiro atoms. The van der Waals surface area contributed by atoms with E-state index in [2.05, 4.69) is 4.72 Å². The summed E-state index contributed by atoms with van der Waals surface area (Å²) in [7, 11) is -2.76. The molecule has 0 saturated heterocycles. The first kappa shape index (κ1) is 19.3. The summed E-state index contributed by atoms with van der Waals surface area (Å²) in [5, 5.41) is 10.4. The van der Waals surface area contributed by atoms with E-state index in [4.69, 9.17) is 4.74 Å². The minimum atomic E-state index is -4.29. The number of methoxy groups -OCH3 is 1. The Morgan fingerprint density at radius 2 is 1.80 bits per heavy atom. The Bertz CT molecular complexity index is 836. The second-order valence-electron chi connectivity index (χ2n) is 5.92. The number of benzene rings is 2. The summed E-state index contributed by atoms with van der Waals surface area (Å²) in [4.78, 5) is -0.798. The molecule has 0 radical (unpaired) electrons. The van der Waals surface area contributed by atoms with Crippen molar-refractivity contribution in [3.05, 3.63) is 59.7 Å². The number of halogens is 2. The van der Waals surface area contributed by atoms with Gasteiger partial charge >= 0.3 is 0 Å². The van der Waals surface area contributed by atoms with E-state index in [1.54, 1.807) is 24.3 Å². The molecule has 0 aliphatic rings. The van der Waals surface area contributed by atoms with Gasteiger partial charge in [-0.15, -0.1) is 0 Å². The quantitative estimate of drug-likeness (QED) is 0.783. The summed E-state index contributed by atoms with van der Waals surface area (Å²) >= 11 is 0. The molecule has 8 heteroatoms. The van der Waals surface area contributed by atoms with Crippen LogP contribution in [0.25, 0.3) is 0 Å². The predicted molar refractivity (Wildman–Crippen MR) is 88.9 cm³/mol. The van der Waals surface area contributed by atoms with Crippen LogP contribution in [0.1, 0.15) is 12.5 Å². The normalized spacial score (nSPS) is 14.1. The van der Waals surface area contributed by atoms with Crippen LogP contribution < -0.4 is 9.46 Å². The van der Waals surface area contributed by atoms with Gasteiger partial charge < -0.3 is 9.84 Å². The third kappa shape index (κ3) is 5.22. The van der Waals surface area contributed by atoms with Crippen LogP contribution >= 0.6 is 0 Å². The maximum Gasteiger partial charge on any atom is 0.243 e. The van der Waals surface area contributed by atoms with Crippen LogP contribution in [0.4, 0.5) is 8.78 Å². The molecule has 0 amide bonds. The molecule has 0 aliphatic carbocycles. The number of ether oxygens (including phenoxy) is 1. The molecule has 0 saturated carbocycles. The van der Waals surface area contributed by atoms with Crippen LogP contribution in [0.3, 0.4) is 0 Å². The van der Waals surface area contributed by atoms with Crippen LogP contribution in [0, 0.1) is 11.6 Å². The third-order valence-electron chi connectivity index (χ3n) is 3.57. The van der Waals surface area contributed by atoms with Crippen LogP contribution in [0.5, 0.6) is 5.75 Å². The Morgan fingerprint density at radius 1 is 1.16 bits per heavy atom. The van der Waals surface area contributed by atoms with Crippen molar-refractivity contribution in [2.75, 3.05) is 13.7 Å². The zero-order valence-corrected chi connectivity index (χ0v) is 14.6. The van der Waals surface area contributed by atoms with E-state index < -0.39 is 32.2 Å². The molecule has 0 aliphatic heterocycles. The highest BCUT2D eigenvalue weighted by Gasteiger charge is 2.26. The fraction of sp³-hybridized carbons (Fsp3) is 0.294. The molecular weight excluding hydrogens is 352 g/mol. The maximum absolute atomic E-state index is 13.6. The lowest BCUT2D eigenvalue weighted by atomic mass is 9.97. The average Bonchev–Trinajstić information content (AvgIpc) is 2.56. The lowest BCUT2D eigenvalue weighted by Gasteiger charge is -2.24. The highest BCUT2D eigenvalue weighted by atomic mass is 32.2. The molecule has 0 fully saturated rings. The minimum Gasteiger partial charge on any atom is -0.497 e. The van der Waals surface area contributed by atoms with Gasteiger partial charge in [0.25, 0.3) is 0 Å². The van der Waals surface area contributed by atoms with E-state index in [9.17, 15) is 22.3 Å². The van der Waals surface area contributed by atoms with Gasteiger partial charge in [-0.05, 0) is 42.8 Å². The lowest BCUT2D eigenvalue weighted by molar-refractivity contribution is 0.0656. The monoisotopic (exact) mass is 371 g/mol. The van der Waals surface area contributed by atoms with Crippen molar-refractivity contribution in [3.8, 4) is 5.75 Å². The van der Waals surface area contributed by atoms with Gasteiger partial charge in [0.1, 0.15) is 22.3 Å². The van der Waals surface area contributed by atoms with Crippen molar-refractivity contribution in [3.63, 3.8) is 0 Å². The first-order valence-corrected chi connectivity index (χ1v) is 8.91. The van der Waals surface area contributed by atoms with Gasteiger partial charge in [-0.1, -0.05) is 12.1 Å². The number of hydrogen-bond donors (Lipinski definition) is 2. The second-order valence-corrected chi connectivity index (χ2v) is 7.66. The molecule has 0 heterocycles. The highest BCUT2D eigenvalue weighted by Crippen LogP contribution is 2.19. The van der Waals surface area contributed by atoms with E-state index in [1.807, 2.05) is 0 Å². The molecule has 2 aromatic carbocycles. The fourth-order valence-electron chi connectivity index (χ4n) is 2.26. The number of aliphatic hydroxyl groups is 1. The van der Waals surface area contributed by atoms with Gasteiger partial charge in [0.2, 0.25) is 10.0 Å². The zero-order valence-electron chi connectivity index (χ0n) is 13.8. The summed E-state index contributed by atoms with van der Waals surface area (Å²) in [6.07, 6.45) is 0.158. The van der Waals surface area contributed by atoms with Crippen LogP contribution in [0.2, 0.25) is 0 Å². The molecule has 0 bridgehead atoms. The van der Waals surface area contributed by atoms with Crippen molar-refractivity contribution >= 4 is 10.0 Å². The summed E-state index contributed by atoms with van der Waals surface area (Å²) in [6.45, 7) is 1.08. The first-order valence-electron chi connectivity index (χ1n) is 7.43. The smallest absolute Gasteiger partial charge is 0.243 e. The maximum atomic E-state index is 13.6. The van der Waals surface area contributed by atoms with Gasteiger partial charge in [-0.25, -0.2) is 21.9 Å². The second kappa shape index (κ2) is 7.47. The topological polar surface area (TPSA) is 75.6 Å². The summed E-state index contributed by atoms with van der Waals surface area (Å²) in [6, 6.07) is 9.08. The Kier molecular flexibility index (Phi) is 5.76. The van der Waals surface area contributed by atoms with E-state index in [0.717, 1.165) is 17.7 Å². The van der Waals surface area contributed by atoms with E-state index in [1.165, 1.54) is 14.0 Å². The van der Waals surface area contributed by atoms with Crippen LogP contribution in [0.15, 0.2) is 47.4 Å². The Balaban J connectivity index is 2.08. The largest absolute Gasteiger partial charge is 0.497 e. The van der Waals surface area contributed by atoms with Gasteiger partial charge in [0, 0.05) is 13.0 Å². The fourth-order valence-corrected chi connectivity index (χ4v) is 3.51. The van der Waals surface area contributed by atoms with Gasteiger partial charge in [-0.3, -0.25) is 0 Å². The SMILES string of the molecule is COc1ccc(CC(C)(O)CNS(=O)(=O)c2cc(F)ccc2F)cc1. The molecule has 2 N–H and O–H groups in total. The molecule has 136 valence electrons. The Labute approximate surface area is 145 Å². The average molecular weight is 371 g/mol. The highest BCUT2D eigenvalue weighted by molar-refractivity contribution is 7.89.